The van der Waals surface area contributed by atoms with E-state index in [2.05, 4.69) is 27.9 Å². The standard InChI is InChI=1S/C14H18INO3/c15-10-4-5-12(18)11(8-10)13(19)16-14(9-17)6-2-1-3-7-14/h4-5,8,17-18H,1-3,6-7,9H2,(H,16,19). The number of carbonyl (C=O) groups excluding carboxylic acids is 1. The monoisotopic (exact) mass is 375 g/mol. The molecule has 4 nitrogen and oxygen atoms in total. The van der Waals surface area contributed by atoms with Gasteiger partial charge in [-0.1, -0.05) is 19.3 Å². The van der Waals surface area contributed by atoms with Crippen molar-refractivity contribution in [3.05, 3.63) is 27.3 Å². The first-order chi connectivity index (χ1) is 9.06. The lowest BCUT2D eigenvalue weighted by Crippen LogP contribution is -2.52. The molecule has 1 saturated carbocycles. The summed E-state index contributed by atoms with van der Waals surface area (Å²) in [6.45, 7) is -0.0522. The van der Waals surface area contributed by atoms with Gasteiger partial charge in [0.05, 0.1) is 17.7 Å². The molecule has 1 amide bonds. The van der Waals surface area contributed by atoms with Crippen molar-refractivity contribution < 1.29 is 15.0 Å². The summed E-state index contributed by atoms with van der Waals surface area (Å²) in [5.74, 6) is -0.339. The second kappa shape index (κ2) is 6.09. The second-order valence-corrected chi connectivity index (χ2v) is 6.36. The third-order valence-corrected chi connectivity index (χ3v) is 4.37. The van der Waals surface area contributed by atoms with Crippen molar-refractivity contribution in [1.82, 2.24) is 5.32 Å². The van der Waals surface area contributed by atoms with E-state index < -0.39 is 5.54 Å². The molecule has 0 bridgehead atoms. The minimum atomic E-state index is -0.525. The summed E-state index contributed by atoms with van der Waals surface area (Å²) in [7, 11) is 0. The van der Waals surface area contributed by atoms with E-state index in [0.717, 1.165) is 35.7 Å². The van der Waals surface area contributed by atoms with Crippen molar-refractivity contribution in [2.75, 3.05) is 6.61 Å². The topological polar surface area (TPSA) is 69.6 Å². The highest BCUT2D eigenvalue weighted by Gasteiger charge is 2.33. The number of benzene rings is 1. The van der Waals surface area contributed by atoms with E-state index in [1.54, 1.807) is 12.1 Å². The van der Waals surface area contributed by atoms with Crippen LogP contribution in [0.1, 0.15) is 42.5 Å². The Kier molecular flexibility index (Phi) is 4.67. The summed E-state index contributed by atoms with van der Waals surface area (Å²) in [5, 5.41) is 22.3. The number of amides is 1. The molecule has 5 heteroatoms. The van der Waals surface area contributed by atoms with Crippen LogP contribution in [0.15, 0.2) is 18.2 Å². The first-order valence-electron chi connectivity index (χ1n) is 6.48. The van der Waals surface area contributed by atoms with Gasteiger partial charge in [-0.05, 0) is 53.6 Å². The summed E-state index contributed by atoms with van der Waals surface area (Å²) in [5.41, 5.74) is -0.256. The lowest BCUT2D eigenvalue weighted by molar-refractivity contribution is 0.0756. The number of hydrogen-bond donors (Lipinski definition) is 3. The molecule has 1 aliphatic carbocycles. The molecule has 19 heavy (non-hydrogen) atoms. The summed E-state index contributed by atoms with van der Waals surface area (Å²) in [6, 6.07) is 4.91. The highest BCUT2D eigenvalue weighted by Crippen LogP contribution is 2.29. The Labute approximate surface area is 126 Å². The van der Waals surface area contributed by atoms with Crippen molar-refractivity contribution in [1.29, 1.82) is 0 Å². The minimum Gasteiger partial charge on any atom is -0.507 e. The highest BCUT2D eigenvalue weighted by molar-refractivity contribution is 14.1. The van der Waals surface area contributed by atoms with Crippen LogP contribution in [0.2, 0.25) is 0 Å². The molecule has 0 heterocycles. The minimum absolute atomic E-state index is 0.0261. The van der Waals surface area contributed by atoms with E-state index >= 15 is 0 Å². The Balaban J connectivity index is 2.17. The third-order valence-electron chi connectivity index (χ3n) is 3.70. The van der Waals surface area contributed by atoms with E-state index in [9.17, 15) is 15.0 Å². The lowest BCUT2D eigenvalue weighted by Gasteiger charge is -2.36. The van der Waals surface area contributed by atoms with Gasteiger partial charge >= 0.3 is 0 Å². The van der Waals surface area contributed by atoms with Crippen molar-refractivity contribution in [2.24, 2.45) is 0 Å². The molecule has 0 aromatic heterocycles. The number of phenolic OH excluding ortho intramolecular Hbond substituents is 1. The van der Waals surface area contributed by atoms with Gasteiger partial charge in [-0.3, -0.25) is 4.79 Å². The molecule has 1 aromatic carbocycles. The van der Waals surface area contributed by atoms with Crippen molar-refractivity contribution in [3.8, 4) is 5.75 Å². The molecule has 0 unspecified atom stereocenters. The molecule has 1 fully saturated rings. The van der Waals surface area contributed by atoms with Crippen molar-refractivity contribution >= 4 is 28.5 Å². The van der Waals surface area contributed by atoms with Gasteiger partial charge in [0.1, 0.15) is 5.75 Å². The Morgan fingerprint density at radius 1 is 1.32 bits per heavy atom. The van der Waals surface area contributed by atoms with Gasteiger partial charge in [-0.25, -0.2) is 0 Å². The van der Waals surface area contributed by atoms with Crippen molar-refractivity contribution in [3.63, 3.8) is 0 Å². The Morgan fingerprint density at radius 2 is 2.00 bits per heavy atom. The third kappa shape index (κ3) is 3.39. The number of carbonyl (C=O) groups is 1. The van der Waals surface area contributed by atoms with E-state index in [1.807, 2.05) is 0 Å². The van der Waals surface area contributed by atoms with Gasteiger partial charge in [0.2, 0.25) is 0 Å². The first-order valence-corrected chi connectivity index (χ1v) is 7.56. The van der Waals surface area contributed by atoms with Crippen LogP contribution in [-0.2, 0) is 0 Å². The molecular weight excluding hydrogens is 357 g/mol. The quantitative estimate of drug-likeness (QED) is 0.711. The summed E-state index contributed by atoms with van der Waals surface area (Å²) in [4.78, 5) is 12.3. The van der Waals surface area contributed by atoms with Crippen LogP contribution in [0.25, 0.3) is 0 Å². The van der Waals surface area contributed by atoms with Crippen LogP contribution >= 0.6 is 22.6 Å². The van der Waals surface area contributed by atoms with Crippen LogP contribution < -0.4 is 5.32 Å². The summed E-state index contributed by atoms with van der Waals surface area (Å²) < 4.78 is 0.891. The molecule has 0 atom stereocenters. The predicted octanol–water partition coefficient (Wildman–Crippen LogP) is 2.42. The predicted molar refractivity (Wildman–Crippen MR) is 81.2 cm³/mol. The lowest BCUT2D eigenvalue weighted by atomic mass is 9.82. The van der Waals surface area contributed by atoms with E-state index in [-0.39, 0.29) is 23.8 Å². The maximum absolute atomic E-state index is 12.3. The fourth-order valence-electron chi connectivity index (χ4n) is 2.55. The normalized spacial score (nSPS) is 18.0. The number of aliphatic hydroxyl groups excluding tert-OH is 1. The van der Waals surface area contributed by atoms with Crippen molar-refractivity contribution in [2.45, 2.75) is 37.6 Å². The van der Waals surface area contributed by atoms with Crippen LogP contribution in [0, 0.1) is 3.57 Å². The zero-order valence-corrected chi connectivity index (χ0v) is 12.8. The van der Waals surface area contributed by atoms with Gasteiger partial charge < -0.3 is 15.5 Å². The maximum atomic E-state index is 12.3. The molecule has 1 aromatic rings. The number of halogens is 1. The average Bonchev–Trinajstić information content (AvgIpc) is 2.42. The molecule has 104 valence electrons. The fourth-order valence-corrected chi connectivity index (χ4v) is 3.04. The molecular formula is C14H18INO3. The molecule has 0 radical (unpaired) electrons. The number of phenols is 1. The van der Waals surface area contributed by atoms with Crippen LogP contribution in [0.5, 0.6) is 5.75 Å². The SMILES string of the molecule is O=C(NC1(CO)CCCCC1)c1cc(I)ccc1O. The Morgan fingerprint density at radius 3 is 2.63 bits per heavy atom. The van der Waals surface area contributed by atoms with E-state index in [4.69, 9.17) is 0 Å². The van der Waals surface area contributed by atoms with Gasteiger partial charge in [0.25, 0.3) is 5.91 Å². The number of hydrogen-bond acceptors (Lipinski definition) is 3. The van der Waals surface area contributed by atoms with Gasteiger partial charge in [0.15, 0.2) is 0 Å². The van der Waals surface area contributed by atoms with Gasteiger partial charge in [-0.2, -0.15) is 0 Å². The number of nitrogens with one attached hydrogen (secondary N) is 1. The molecule has 0 spiro atoms. The Hall–Kier alpha value is -0.820. The molecule has 2 rings (SSSR count). The van der Waals surface area contributed by atoms with Gasteiger partial charge in [0, 0.05) is 3.57 Å². The smallest absolute Gasteiger partial charge is 0.255 e. The fraction of sp³-hybridized carbons (Fsp3) is 0.500. The molecule has 0 saturated heterocycles. The Bertz CT molecular complexity index is 470. The number of aliphatic hydroxyl groups is 1. The zero-order chi connectivity index (χ0) is 13.9. The number of aromatic hydroxyl groups is 1. The largest absolute Gasteiger partial charge is 0.507 e. The summed E-state index contributed by atoms with van der Waals surface area (Å²) in [6.07, 6.45) is 4.75. The molecule has 0 aliphatic heterocycles. The maximum Gasteiger partial charge on any atom is 0.255 e. The van der Waals surface area contributed by atoms with E-state index in [0.29, 0.717) is 0 Å². The first kappa shape index (κ1) is 14.6. The zero-order valence-electron chi connectivity index (χ0n) is 10.7. The number of rotatable bonds is 3. The average molecular weight is 375 g/mol. The van der Waals surface area contributed by atoms with Crippen LogP contribution in [0.4, 0.5) is 0 Å². The van der Waals surface area contributed by atoms with E-state index in [1.165, 1.54) is 6.07 Å². The summed E-state index contributed by atoms with van der Waals surface area (Å²) >= 11 is 2.10. The second-order valence-electron chi connectivity index (χ2n) is 5.11. The van der Waals surface area contributed by atoms with Gasteiger partial charge in [-0.15, -0.1) is 0 Å². The molecule has 1 aliphatic rings. The molecule has 3 N–H and O–H groups in total. The van der Waals surface area contributed by atoms with Crippen LogP contribution in [0.3, 0.4) is 0 Å². The highest BCUT2D eigenvalue weighted by atomic mass is 127. The van der Waals surface area contributed by atoms with Crippen LogP contribution in [-0.4, -0.2) is 28.3 Å².